The minimum absolute atomic E-state index is 0.107. The summed E-state index contributed by atoms with van der Waals surface area (Å²) in [6, 6.07) is 6.97. The second-order valence-electron chi connectivity index (χ2n) is 8.17. The Bertz CT molecular complexity index is 1160. The second kappa shape index (κ2) is 9.20. The van der Waals surface area contributed by atoms with Gasteiger partial charge in [0.05, 0.1) is 0 Å². The van der Waals surface area contributed by atoms with Crippen LogP contribution in [0.25, 0.3) is 0 Å². The predicted octanol–water partition coefficient (Wildman–Crippen LogP) is 8.06. The molecule has 0 saturated carbocycles. The molecule has 3 rings (SSSR count). The smallest absolute Gasteiger partial charge is 0.203 e. The standard InChI is InChI=1S/C25H18F10/c1-13-3-8-16(9-4-13)23(24(30,31)32,25(33,34)35)17-10-5-15(6-11-17)7-12-18-21(28)19(26)14(2)20(27)22(18)29/h3-6,8-11H,7,12H2,1-2H3. The van der Waals surface area contributed by atoms with Crippen LogP contribution in [0, 0.1) is 37.1 Å². The van der Waals surface area contributed by atoms with E-state index in [0.29, 0.717) is 17.7 Å². The average Bonchev–Trinajstić information content (AvgIpc) is 2.77. The summed E-state index contributed by atoms with van der Waals surface area (Å²) in [5, 5.41) is 0. The van der Waals surface area contributed by atoms with Crippen molar-refractivity contribution in [2.45, 2.75) is 44.5 Å². The van der Waals surface area contributed by atoms with Gasteiger partial charge in [0.15, 0.2) is 23.3 Å². The van der Waals surface area contributed by atoms with Crippen LogP contribution in [0.3, 0.4) is 0 Å². The van der Waals surface area contributed by atoms with Crippen LogP contribution in [0.4, 0.5) is 43.9 Å². The lowest BCUT2D eigenvalue weighted by molar-refractivity contribution is -0.288. The first-order valence-corrected chi connectivity index (χ1v) is 10.2. The summed E-state index contributed by atoms with van der Waals surface area (Å²) in [6.45, 7) is 2.36. The van der Waals surface area contributed by atoms with Crippen molar-refractivity contribution < 1.29 is 43.9 Å². The molecule has 0 amide bonds. The molecule has 0 aliphatic heterocycles. The quantitative estimate of drug-likeness (QED) is 0.242. The van der Waals surface area contributed by atoms with Crippen LogP contribution in [0.5, 0.6) is 0 Å². The molecule has 35 heavy (non-hydrogen) atoms. The van der Waals surface area contributed by atoms with E-state index in [2.05, 4.69) is 0 Å². The zero-order valence-electron chi connectivity index (χ0n) is 18.3. The van der Waals surface area contributed by atoms with Gasteiger partial charge in [0.2, 0.25) is 5.41 Å². The minimum atomic E-state index is -5.76. The van der Waals surface area contributed by atoms with Gasteiger partial charge >= 0.3 is 12.4 Å². The van der Waals surface area contributed by atoms with Gasteiger partial charge in [0, 0.05) is 11.1 Å². The fraction of sp³-hybridized carbons (Fsp3) is 0.280. The van der Waals surface area contributed by atoms with E-state index in [0.717, 1.165) is 43.3 Å². The molecule has 0 saturated heterocycles. The number of hydrogen-bond donors (Lipinski definition) is 0. The fourth-order valence-electron chi connectivity index (χ4n) is 3.98. The Hall–Kier alpha value is -3.04. The fourth-order valence-corrected chi connectivity index (χ4v) is 3.98. The first-order chi connectivity index (χ1) is 16.1. The molecule has 0 atom stereocenters. The van der Waals surface area contributed by atoms with Crippen LogP contribution in [0.15, 0.2) is 48.5 Å². The second-order valence-corrected chi connectivity index (χ2v) is 8.17. The molecule has 0 aromatic heterocycles. The number of benzene rings is 3. The highest BCUT2D eigenvalue weighted by molar-refractivity contribution is 5.45. The number of halogens is 10. The third-order valence-corrected chi connectivity index (χ3v) is 5.96. The molecule has 10 heteroatoms. The Labute approximate surface area is 194 Å². The van der Waals surface area contributed by atoms with Gasteiger partial charge in [-0.3, -0.25) is 0 Å². The molecule has 0 spiro atoms. The summed E-state index contributed by atoms with van der Waals surface area (Å²) in [5.74, 6) is -6.36. The molecular weight excluding hydrogens is 490 g/mol. The van der Waals surface area contributed by atoms with Gasteiger partial charge in [-0.1, -0.05) is 54.1 Å². The van der Waals surface area contributed by atoms with Gasteiger partial charge < -0.3 is 0 Å². The van der Waals surface area contributed by atoms with Crippen LogP contribution in [-0.4, -0.2) is 12.4 Å². The molecule has 0 aliphatic rings. The Morgan fingerprint density at radius 3 is 1.34 bits per heavy atom. The number of hydrogen-bond acceptors (Lipinski definition) is 0. The lowest BCUT2D eigenvalue weighted by Gasteiger charge is -2.38. The maximum Gasteiger partial charge on any atom is 0.411 e. The maximum atomic E-state index is 14.1. The van der Waals surface area contributed by atoms with Gasteiger partial charge in [-0.15, -0.1) is 0 Å². The molecule has 3 aromatic rings. The van der Waals surface area contributed by atoms with Crippen LogP contribution < -0.4 is 0 Å². The molecule has 188 valence electrons. The molecule has 0 radical (unpaired) electrons. The van der Waals surface area contributed by atoms with Crippen LogP contribution >= 0.6 is 0 Å². The first-order valence-electron chi connectivity index (χ1n) is 10.2. The van der Waals surface area contributed by atoms with Gasteiger partial charge in [-0.25, -0.2) is 17.6 Å². The zero-order valence-corrected chi connectivity index (χ0v) is 18.3. The Morgan fingerprint density at radius 1 is 0.543 bits per heavy atom. The lowest BCUT2D eigenvalue weighted by atomic mass is 9.72. The molecule has 0 unspecified atom stereocenters. The number of rotatable bonds is 5. The zero-order chi connectivity index (χ0) is 26.3. The normalized spacial score (nSPS) is 12.8. The third kappa shape index (κ3) is 4.50. The highest BCUT2D eigenvalue weighted by Gasteiger charge is 2.72. The first kappa shape index (κ1) is 26.6. The van der Waals surface area contributed by atoms with Gasteiger partial charge in [-0.2, -0.15) is 26.3 Å². The summed E-state index contributed by atoms with van der Waals surface area (Å²) in [7, 11) is 0. The Morgan fingerprint density at radius 2 is 0.943 bits per heavy atom. The van der Waals surface area contributed by atoms with E-state index in [1.165, 1.54) is 6.92 Å². The molecule has 0 bridgehead atoms. The highest BCUT2D eigenvalue weighted by atomic mass is 19.4. The van der Waals surface area contributed by atoms with Crippen molar-refractivity contribution in [1.29, 1.82) is 0 Å². The largest absolute Gasteiger partial charge is 0.411 e. The Kier molecular flexibility index (Phi) is 6.98. The molecular formula is C25H18F10. The van der Waals surface area contributed by atoms with Crippen molar-refractivity contribution in [3.8, 4) is 0 Å². The monoisotopic (exact) mass is 508 g/mol. The van der Waals surface area contributed by atoms with Crippen LogP contribution in [0.1, 0.15) is 33.4 Å². The minimum Gasteiger partial charge on any atom is -0.203 e. The number of aryl methyl sites for hydroxylation is 2. The SMILES string of the molecule is Cc1ccc(C(c2ccc(CCc3c(F)c(F)c(C)c(F)c3F)cc2)(C(F)(F)F)C(F)(F)F)cc1. The third-order valence-electron chi connectivity index (χ3n) is 5.96. The molecule has 0 aliphatic carbocycles. The van der Waals surface area contributed by atoms with Gasteiger partial charge in [0.25, 0.3) is 0 Å². The van der Waals surface area contributed by atoms with E-state index in [4.69, 9.17) is 0 Å². The highest BCUT2D eigenvalue weighted by Crippen LogP contribution is 2.56. The van der Waals surface area contributed by atoms with Crippen molar-refractivity contribution in [2.75, 3.05) is 0 Å². The summed E-state index contributed by atoms with van der Waals surface area (Å²) in [6.07, 6.45) is -12.4. The lowest BCUT2D eigenvalue weighted by Crippen LogP contribution is -2.54. The Balaban J connectivity index is 2.03. The van der Waals surface area contributed by atoms with Crippen LogP contribution in [-0.2, 0) is 18.3 Å². The van der Waals surface area contributed by atoms with Crippen LogP contribution in [0.2, 0.25) is 0 Å². The molecule has 0 heterocycles. The van der Waals surface area contributed by atoms with Crippen molar-refractivity contribution in [1.82, 2.24) is 0 Å². The molecule has 0 N–H and O–H groups in total. The molecule has 0 fully saturated rings. The van der Waals surface area contributed by atoms with Crippen molar-refractivity contribution >= 4 is 0 Å². The number of alkyl halides is 6. The summed E-state index contributed by atoms with van der Waals surface area (Å²) < 4.78 is 140. The van der Waals surface area contributed by atoms with E-state index >= 15 is 0 Å². The van der Waals surface area contributed by atoms with Crippen molar-refractivity contribution in [3.63, 3.8) is 0 Å². The van der Waals surface area contributed by atoms with Crippen molar-refractivity contribution in [3.05, 3.63) is 105 Å². The maximum absolute atomic E-state index is 14.1. The molecule has 0 nitrogen and oxygen atoms in total. The summed E-state index contributed by atoms with van der Waals surface area (Å²) >= 11 is 0. The summed E-state index contributed by atoms with van der Waals surface area (Å²) in [5.41, 5.74) is -7.63. The van der Waals surface area contributed by atoms with E-state index in [-0.39, 0.29) is 12.0 Å². The van der Waals surface area contributed by atoms with Crippen molar-refractivity contribution in [2.24, 2.45) is 0 Å². The van der Waals surface area contributed by atoms with E-state index in [1.54, 1.807) is 0 Å². The molecule has 3 aromatic carbocycles. The van der Waals surface area contributed by atoms with Gasteiger partial charge in [0.1, 0.15) is 0 Å². The topological polar surface area (TPSA) is 0 Å². The van der Waals surface area contributed by atoms with Gasteiger partial charge in [-0.05, 0) is 43.4 Å². The van der Waals surface area contributed by atoms with E-state index in [9.17, 15) is 43.9 Å². The predicted molar refractivity (Wildman–Crippen MR) is 109 cm³/mol. The average molecular weight is 508 g/mol. The van der Waals surface area contributed by atoms with E-state index in [1.807, 2.05) is 0 Å². The van der Waals surface area contributed by atoms with E-state index < -0.39 is 69.7 Å². The summed E-state index contributed by atoms with van der Waals surface area (Å²) in [4.78, 5) is 0.